The Bertz CT molecular complexity index is 1090. The van der Waals surface area contributed by atoms with Crippen LogP contribution in [0, 0.1) is 0 Å². The molecule has 4 N–H and O–H groups in total. The van der Waals surface area contributed by atoms with Crippen LogP contribution in [0.5, 0.6) is 5.75 Å². The van der Waals surface area contributed by atoms with Crippen LogP contribution in [0.1, 0.15) is 19.8 Å². The number of carbonyl (C=O) groups is 1. The largest absolute Gasteiger partial charge is 0.496 e. The zero-order valence-corrected chi connectivity index (χ0v) is 17.6. The van der Waals surface area contributed by atoms with E-state index in [1.54, 1.807) is 26.4 Å². The minimum absolute atomic E-state index is 0.0151. The molecule has 1 fully saturated rings. The molecule has 1 saturated heterocycles. The first-order valence-corrected chi connectivity index (χ1v) is 9.94. The number of methoxy groups -OCH3 is 1. The molecule has 1 aromatic carbocycles. The summed E-state index contributed by atoms with van der Waals surface area (Å²) in [6, 6.07) is 5.01. The van der Waals surface area contributed by atoms with Crippen molar-refractivity contribution in [1.29, 1.82) is 0 Å². The molecule has 31 heavy (non-hydrogen) atoms. The number of likely N-dealkylation sites (tertiary alicyclic amines) is 1. The first-order valence-electron chi connectivity index (χ1n) is 9.94. The van der Waals surface area contributed by atoms with Gasteiger partial charge in [-0.15, -0.1) is 9.97 Å². The molecule has 1 unspecified atom stereocenters. The summed E-state index contributed by atoms with van der Waals surface area (Å²) in [5.74, 6) is 2.15. The highest BCUT2D eigenvalue weighted by atomic mass is 16.5. The van der Waals surface area contributed by atoms with Gasteiger partial charge in [0.05, 0.1) is 25.4 Å². The second-order valence-corrected chi connectivity index (χ2v) is 7.36. The number of carbonyl (C=O) groups excluding carboxylic acids is 1. The van der Waals surface area contributed by atoms with Gasteiger partial charge in [0.1, 0.15) is 11.8 Å². The maximum atomic E-state index is 12.5. The van der Waals surface area contributed by atoms with Crippen LogP contribution >= 0.6 is 0 Å². The third-order valence-electron chi connectivity index (χ3n) is 5.64. The SMILES string of the molecule is CNc1nc(Nc2ccc(-c3cnco3)c(OC)c2)nc([N+]2(C(N)=O)CCC[C@H]2C)n1. The van der Waals surface area contributed by atoms with Crippen molar-refractivity contribution >= 4 is 29.6 Å². The number of anilines is 3. The molecule has 2 amide bonds. The number of nitrogens with one attached hydrogen (secondary N) is 2. The molecular formula is C20H25N8O3+. The average Bonchev–Trinajstić information content (AvgIpc) is 3.43. The number of primary amides is 1. The van der Waals surface area contributed by atoms with Gasteiger partial charge in [0, 0.05) is 31.6 Å². The minimum Gasteiger partial charge on any atom is -0.496 e. The van der Waals surface area contributed by atoms with Crippen molar-refractivity contribution in [2.24, 2.45) is 5.73 Å². The predicted octanol–water partition coefficient (Wildman–Crippen LogP) is 2.89. The Hall–Kier alpha value is -3.73. The third kappa shape index (κ3) is 3.63. The predicted molar refractivity (Wildman–Crippen MR) is 116 cm³/mol. The number of amides is 2. The van der Waals surface area contributed by atoms with Gasteiger partial charge in [-0.3, -0.25) is 0 Å². The van der Waals surface area contributed by atoms with E-state index in [1.165, 1.54) is 6.39 Å². The lowest BCUT2D eigenvalue weighted by molar-refractivity contribution is 0.202. The van der Waals surface area contributed by atoms with E-state index in [1.807, 2.05) is 19.1 Å². The number of oxazole rings is 1. The molecule has 1 aliphatic heterocycles. The fraction of sp³-hybridized carbons (Fsp3) is 0.350. The Kier molecular flexibility index (Phi) is 5.42. The molecule has 11 heteroatoms. The van der Waals surface area contributed by atoms with E-state index in [2.05, 4.69) is 30.6 Å². The van der Waals surface area contributed by atoms with Gasteiger partial charge in [0.25, 0.3) is 0 Å². The lowest BCUT2D eigenvalue weighted by Crippen LogP contribution is -2.60. The standard InChI is InChI=1S/C20H24N8O3/c1-12-5-4-8-28(12,17(21)29)20-26-18(22-2)25-19(27-20)24-13-6-7-14(15(9-13)30-3)16-10-23-11-31-16/h6-7,9-12H,4-5,8H2,1-3H3,(H3-,21,22,24,25,26,27,29)/p+1/t12-,28?/m1/s1. The first kappa shape index (κ1) is 20.5. The van der Waals surface area contributed by atoms with Crippen LogP contribution in [0.15, 0.2) is 35.2 Å². The van der Waals surface area contributed by atoms with Crippen LogP contribution in [-0.2, 0) is 0 Å². The molecule has 2 atom stereocenters. The van der Waals surface area contributed by atoms with Crippen molar-refractivity contribution < 1.29 is 13.9 Å². The summed E-state index contributed by atoms with van der Waals surface area (Å²) < 4.78 is 10.8. The van der Waals surface area contributed by atoms with Gasteiger partial charge in [0.2, 0.25) is 11.9 Å². The second-order valence-electron chi connectivity index (χ2n) is 7.36. The van der Waals surface area contributed by atoms with Gasteiger partial charge in [-0.05, 0) is 19.1 Å². The number of aromatic nitrogens is 4. The van der Waals surface area contributed by atoms with E-state index in [4.69, 9.17) is 14.9 Å². The lowest BCUT2D eigenvalue weighted by Gasteiger charge is -2.30. The number of nitrogens with two attached hydrogens (primary N) is 1. The first-order chi connectivity index (χ1) is 15.0. The number of benzene rings is 1. The van der Waals surface area contributed by atoms with Gasteiger partial charge in [-0.1, -0.05) is 0 Å². The second kappa shape index (κ2) is 8.19. The summed E-state index contributed by atoms with van der Waals surface area (Å²) in [5, 5.41) is 6.10. The Morgan fingerprint density at radius 3 is 2.71 bits per heavy atom. The van der Waals surface area contributed by atoms with Gasteiger partial charge in [-0.25, -0.2) is 9.78 Å². The van der Waals surface area contributed by atoms with Gasteiger partial charge >= 0.3 is 12.0 Å². The minimum atomic E-state index is -0.470. The Labute approximate surface area is 179 Å². The van der Waals surface area contributed by atoms with E-state index in [9.17, 15) is 4.79 Å². The third-order valence-corrected chi connectivity index (χ3v) is 5.64. The Morgan fingerprint density at radius 1 is 1.29 bits per heavy atom. The summed E-state index contributed by atoms with van der Waals surface area (Å²) in [6.07, 6.45) is 4.72. The molecule has 11 nitrogen and oxygen atoms in total. The smallest absolute Gasteiger partial charge is 0.421 e. The lowest BCUT2D eigenvalue weighted by atomic mass is 10.1. The van der Waals surface area contributed by atoms with E-state index >= 15 is 0 Å². The normalized spacial score (nSPS) is 20.4. The summed E-state index contributed by atoms with van der Waals surface area (Å²) in [5.41, 5.74) is 7.27. The molecule has 3 heterocycles. The van der Waals surface area contributed by atoms with Crippen molar-refractivity contribution in [3.05, 3.63) is 30.8 Å². The van der Waals surface area contributed by atoms with Crippen LogP contribution in [0.25, 0.3) is 11.3 Å². The molecule has 0 saturated carbocycles. The van der Waals surface area contributed by atoms with E-state index in [-0.39, 0.29) is 10.5 Å². The number of hydrogen-bond acceptors (Lipinski definition) is 9. The quantitative estimate of drug-likeness (QED) is 0.508. The molecule has 2 aromatic heterocycles. The molecule has 0 radical (unpaired) electrons. The highest BCUT2D eigenvalue weighted by Crippen LogP contribution is 2.35. The van der Waals surface area contributed by atoms with Crippen molar-refractivity contribution in [1.82, 2.24) is 24.4 Å². The highest BCUT2D eigenvalue weighted by molar-refractivity contribution is 5.85. The molecule has 1 aliphatic rings. The molecule has 162 valence electrons. The maximum absolute atomic E-state index is 12.5. The van der Waals surface area contributed by atoms with Gasteiger partial charge < -0.3 is 25.5 Å². The van der Waals surface area contributed by atoms with Gasteiger partial charge in [0.15, 0.2) is 12.2 Å². The van der Waals surface area contributed by atoms with Crippen LogP contribution < -0.4 is 25.6 Å². The number of ether oxygens (including phenoxy) is 1. The number of nitrogens with zero attached hydrogens (tertiary/aromatic N) is 5. The van der Waals surface area contributed by atoms with Crippen LogP contribution in [-0.4, -0.2) is 52.7 Å². The molecule has 0 aliphatic carbocycles. The summed E-state index contributed by atoms with van der Waals surface area (Å²) in [7, 11) is 3.29. The fourth-order valence-corrected chi connectivity index (χ4v) is 3.96. The van der Waals surface area contributed by atoms with Crippen molar-refractivity contribution in [3.8, 4) is 17.1 Å². The molecular weight excluding hydrogens is 400 g/mol. The van der Waals surface area contributed by atoms with Crippen LogP contribution in [0.2, 0.25) is 0 Å². The topological polar surface area (TPSA) is 141 Å². The number of quaternary nitrogens is 1. The van der Waals surface area contributed by atoms with Crippen molar-refractivity contribution in [2.75, 3.05) is 31.3 Å². The van der Waals surface area contributed by atoms with Crippen LogP contribution in [0.3, 0.4) is 0 Å². The zero-order chi connectivity index (χ0) is 22.0. The fourth-order valence-electron chi connectivity index (χ4n) is 3.96. The summed E-state index contributed by atoms with van der Waals surface area (Å²) >= 11 is 0. The monoisotopic (exact) mass is 425 g/mol. The van der Waals surface area contributed by atoms with Crippen molar-refractivity contribution in [3.63, 3.8) is 0 Å². The van der Waals surface area contributed by atoms with Gasteiger partial charge in [-0.2, -0.15) is 9.47 Å². The molecule has 4 rings (SSSR count). The zero-order valence-electron chi connectivity index (χ0n) is 17.6. The van der Waals surface area contributed by atoms with Crippen LogP contribution in [0.4, 0.5) is 28.3 Å². The van der Waals surface area contributed by atoms with E-state index < -0.39 is 6.03 Å². The Balaban J connectivity index is 1.71. The summed E-state index contributed by atoms with van der Waals surface area (Å²) in [4.78, 5) is 29.8. The van der Waals surface area contributed by atoms with E-state index in [0.29, 0.717) is 41.6 Å². The number of urea groups is 1. The maximum Gasteiger partial charge on any atom is 0.421 e. The van der Waals surface area contributed by atoms with E-state index in [0.717, 1.165) is 18.4 Å². The molecule has 3 aromatic rings. The summed E-state index contributed by atoms with van der Waals surface area (Å²) in [6.45, 7) is 2.55. The highest BCUT2D eigenvalue weighted by Gasteiger charge is 2.49. The van der Waals surface area contributed by atoms with Crippen molar-refractivity contribution in [2.45, 2.75) is 25.8 Å². The number of rotatable bonds is 6. The Morgan fingerprint density at radius 2 is 2.10 bits per heavy atom. The average molecular weight is 425 g/mol. The molecule has 0 bridgehead atoms. The number of hydrogen-bond donors (Lipinski definition) is 3. The molecule has 0 spiro atoms.